The molecule has 2 aliphatic rings. The quantitative estimate of drug-likeness (QED) is 0.670. The van der Waals surface area contributed by atoms with E-state index in [1.807, 2.05) is 17.8 Å². The van der Waals surface area contributed by atoms with Crippen molar-refractivity contribution in [3.05, 3.63) is 41.9 Å². The molecule has 2 fully saturated rings. The van der Waals surface area contributed by atoms with Gasteiger partial charge in [-0.2, -0.15) is 5.10 Å². The summed E-state index contributed by atoms with van der Waals surface area (Å²) in [5.41, 5.74) is 3.04. The maximum atomic E-state index is 12.7. The second-order valence-electron chi connectivity index (χ2n) is 8.52. The molecule has 1 saturated heterocycles. The van der Waals surface area contributed by atoms with E-state index < -0.39 is 0 Å². The maximum Gasteiger partial charge on any atom is 0.225 e. The van der Waals surface area contributed by atoms with Crippen LogP contribution in [-0.2, 0) is 4.79 Å². The Morgan fingerprint density at radius 2 is 1.77 bits per heavy atom. The van der Waals surface area contributed by atoms with E-state index in [1.54, 1.807) is 0 Å². The van der Waals surface area contributed by atoms with Crippen molar-refractivity contribution >= 4 is 22.8 Å². The highest BCUT2D eigenvalue weighted by atomic mass is 16.2. The fourth-order valence-electron chi connectivity index (χ4n) is 4.38. The first-order chi connectivity index (χ1) is 14.6. The lowest BCUT2D eigenvalue weighted by molar-refractivity contribution is -0.137. The molecule has 1 saturated carbocycles. The summed E-state index contributed by atoms with van der Waals surface area (Å²) in [5, 5.41) is 5.58. The van der Waals surface area contributed by atoms with Crippen molar-refractivity contribution in [3.8, 4) is 5.69 Å². The molecule has 3 aromatic rings. The molecular formula is C23H28N6O. The Labute approximate surface area is 176 Å². The number of benzene rings is 1. The number of carbonyl (C=O) groups is 1. The SMILES string of the molecule is Cc1ccc(-n2ncc3c(N4CCCN(C(=O)C5CCC5)CC4)nc(C)nc32)cc1. The number of aromatic nitrogens is 4. The third-order valence-electron chi connectivity index (χ3n) is 6.36. The van der Waals surface area contributed by atoms with Gasteiger partial charge in [0, 0.05) is 32.1 Å². The number of fused-ring (bicyclic) bond motifs is 1. The van der Waals surface area contributed by atoms with E-state index in [0.717, 1.165) is 73.8 Å². The molecule has 0 N–H and O–H groups in total. The molecule has 0 spiro atoms. The normalized spacial score (nSPS) is 17.8. The zero-order valence-electron chi connectivity index (χ0n) is 17.7. The van der Waals surface area contributed by atoms with Gasteiger partial charge in [0.25, 0.3) is 0 Å². The smallest absolute Gasteiger partial charge is 0.225 e. The minimum absolute atomic E-state index is 0.261. The fourth-order valence-corrected chi connectivity index (χ4v) is 4.38. The largest absolute Gasteiger partial charge is 0.354 e. The van der Waals surface area contributed by atoms with Crippen LogP contribution < -0.4 is 4.90 Å². The number of hydrogen-bond acceptors (Lipinski definition) is 5. The van der Waals surface area contributed by atoms with Gasteiger partial charge in [-0.05, 0) is 45.2 Å². The Morgan fingerprint density at radius 3 is 2.50 bits per heavy atom. The Bertz CT molecular complexity index is 1070. The summed E-state index contributed by atoms with van der Waals surface area (Å²) in [6.07, 6.45) is 6.13. The van der Waals surface area contributed by atoms with Gasteiger partial charge in [-0.3, -0.25) is 4.79 Å². The highest BCUT2D eigenvalue weighted by Crippen LogP contribution is 2.30. The van der Waals surface area contributed by atoms with Crippen LogP contribution in [0.25, 0.3) is 16.7 Å². The molecule has 30 heavy (non-hydrogen) atoms. The molecule has 0 atom stereocenters. The molecule has 1 amide bonds. The standard InChI is InChI=1S/C23H28N6O/c1-16-7-9-19(10-8-16)29-22-20(15-24-29)21(25-17(2)26-22)27-11-4-12-28(14-13-27)23(30)18-5-3-6-18/h7-10,15,18H,3-6,11-14H2,1-2H3. The lowest BCUT2D eigenvalue weighted by Crippen LogP contribution is -2.41. The minimum Gasteiger partial charge on any atom is -0.354 e. The van der Waals surface area contributed by atoms with Crippen molar-refractivity contribution in [2.24, 2.45) is 5.92 Å². The molecule has 7 nitrogen and oxygen atoms in total. The Kier molecular flexibility index (Phi) is 4.89. The van der Waals surface area contributed by atoms with Crippen LogP contribution in [0, 0.1) is 19.8 Å². The lowest BCUT2D eigenvalue weighted by Gasteiger charge is -2.31. The molecule has 5 rings (SSSR count). The molecule has 156 valence electrons. The zero-order chi connectivity index (χ0) is 20.7. The van der Waals surface area contributed by atoms with Crippen molar-refractivity contribution in [2.75, 3.05) is 31.1 Å². The number of amides is 1. The van der Waals surface area contributed by atoms with E-state index in [4.69, 9.17) is 9.97 Å². The molecule has 3 heterocycles. The summed E-state index contributed by atoms with van der Waals surface area (Å²) < 4.78 is 1.89. The van der Waals surface area contributed by atoms with Gasteiger partial charge in [0.1, 0.15) is 11.6 Å². The van der Waals surface area contributed by atoms with Crippen LogP contribution in [0.15, 0.2) is 30.5 Å². The first-order valence-electron chi connectivity index (χ1n) is 10.9. The third-order valence-corrected chi connectivity index (χ3v) is 6.36. The van der Waals surface area contributed by atoms with Crippen molar-refractivity contribution < 1.29 is 4.79 Å². The molecular weight excluding hydrogens is 376 g/mol. The average molecular weight is 405 g/mol. The van der Waals surface area contributed by atoms with E-state index >= 15 is 0 Å². The van der Waals surface area contributed by atoms with Gasteiger partial charge in [0.15, 0.2) is 5.65 Å². The van der Waals surface area contributed by atoms with Crippen LogP contribution in [0.4, 0.5) is 5.82 Å². The minimum atomic E-state index is 0.261. The summed E-state index contributed by atoms with van der Waals surface area (Å²) in [5.74, 6) is 2.27. The summed E-state index contributed by atoms with van der Waals surface area (Å²) in [6, 6.07) is 8.30. The predicted molar refractivity (Wildman–Crippen MR) is 117 cm³/mol. The van der Waals surface area contributed by atoms with E-state index in [9.17, 15) is 4.79 Å². The molecule has 1 aliphatic heterocycles. The van der Waals surface area contributed by atoms with Gasteiger partial charge in [0.05, 0.1) is 17.3 Å². The number of rotatable bonds is 3. The molecule has 7 heteroatoms. The summed E-state index contributed by atoms with van der Waals surface area (Å²) in [7, 11) is 0. The van der Waals surface area contributed by atoms with Gasteiger partial charge in [-0.15, -0.1) is 0 Å². The highest BCUT2D eigenvalue weighted by molar-refractivity contribution is 5.88. The second kappa shape index (κ2) is 7.70. The fraction of sp³-hybridized carbons (Fsp3) is 0.478. The van der Waals surface area contributed by atoms with Gasteiger partial charge in [-0.1, -0.05) is 24.1 Å². The summed E-state index contributed by atoms with van der Waals surface area (Å²) in [4.78, 5) is 26.5. The lowest BCUT2D eigenvalue weighted by atomic mass is 9.84. The van der Waals surface area contributed by atoms with Crippen molar-refractivity contribution in [3.63, 3.8) is 0 Å². The zero-order valence-corrected chi connectivity index (χ0v) is 17.7. The number of carbonyl (C=O) groups excluding carboxylic acids is 1. The van der Waals surface area contributed by atoms with E-state index in [0.29, 0.717) is 5.91 Å². The first kappa shape index (κ1) is 19.0. The number of anilines is 1. The topological polar surface area (TPSA) is 67.2 Å². The number of hydrogen-bond donors (Lipinski definition) is 0. The van der Waals surface area contributed by atoms with Crippen molar-refractivity contribution in [1.82, 2.24) is 24.6 Å². The van der Waals surface area contributed by atoms with Gasteiger partial charge < -0.3 is 9.80 Å². The summed E-state index contributed by atoms with van der Waals surface area (Å²) >= 11 is 0. The molecule has 1 aliphatic carbocycles. The monoisotopic (exact) mass is 404 g/mol. The van der Waals surface area contributed by atoms with E-state index in [-0.39, 0.29) is 5.92 Å². The van der Waals surface area contributed by atoms with E-state index in [1.165, 1.54) is 12.0 Å². The van der Waals surface area contributed by atoms with Crippen LogP contribution >= 0.6 is 0 Å². The second-order valence-corrected chi connectivity index (χ2v) is 8.52. The highest BCUT2D eigenvalue weighted by Gasteiger charge is 2.31. The van der Waals surface area contributed by atoms with E-state index in [2.05, 4.69) is 46.1 Å². The summed E-state index contributed by atoms with van der Waals surface area (Å²) in [6.45, 7) is 7.27. The molecule has 0 bridgehead atoms. The molecule has 0 unspecified atom stereocenters. The maximum absolute atomic E-state index is 12.7. The Balaban J connectivity index is 1.44. The van der Waals surface area contributed by atoms with Crippen LogP contribution in [0.2, 0.25) is 0 Å². The van der Waals surface area contributed by atoms with Crippen molar-refractivity contribution in [2.45, 2.75) is 39.5 Å². The van der Waals surface area contributed by atoms with Crippen LogP contribution in [0.5, 0.6) is 0 Å². The average Bonchev–Trinajstić information content (AvgIpc) is 2.95. The Hall–Kier alpha value is -2.96. The van der Waals surface area contributed by atoms with Gasteiger partial charge in [0.2, 0.25) is 5.91 Å². The van der Waals surface area contributed by atoms with Crippen LogP contribution in [0.1, 0.15) is 37.1 Å². The number of nitrogens with zero attached hydrogens (tertiary/aromatic N) is 6. The number of aryl methyl sites for hydroxylation is 2. The molecule has 0 radical (unpaired) electrons. The van der Waals surface area contributed by atoms with Gasteiger partial charge in [-0.25, -0.2) is 14.6 Å². The third kappa shape index (κ3) is 3.42. The van der Waals surface area contributed by atoms with Crippen LogP contribution in [0.3, 0.4) is 0 Å². The van der Waals surface area contributed by atoms with Crippen LogP contribution in [-0.4, -0.2) is 56.7 Å². The predicted octanol–water partition coefficient (Wildman–Crippen LogP) is 3.27. The Morgan fingerprint density at radius 1 is 0.967 bits per heavy atom. The first-order valence-corrected chi connectivity index (χ1v) is 10.9. The van der Waals surface area contributed by atoms with Crippen molar-refractivity contribution in [1.29, 1.82) is 0 Å². The molecule has 2 aromatic heterocycles. The van der Waals surface area contributed by atoms with Gasteiger partial charge >= 0.3 is 0 Å². The molecule has 1 aromatic carbocycles.